The Morgan fingerprint density at radius 1 is 1.44 bits per heavy atom. The Labute approximate surface area is 104 Å². The maximum Gasteiger partial charge on any atom is 0.335 e. The molecule has 0 radical (unpaired) electrons. The summed E-state index contributed by atoms with van der Waals surface area (Å²) in [6, 6.07) is 4.36. The first-order chi connectivity index (χ1) is 8.61. The molecule has 1 aromatic heterocycles. The third-order valence-corrected chi connectivity index (χ3v) is 2.82. The van der Waals surface area contributed by atoms with Crippen molar-refractivity contribution in [2.45, 2.75) is 19.9 Å². The molecule has 0 amide bonds. The van der Waals surface area contributed by atoms with Gasteiger partial charge < -0.3 is 14.8 Å². The zero-order valence-electron chi connectivity index (χ0n) is 10.00. The number of carboxylic acid groups (broad SMARTS) is 1. The summed E-state index contributed by atoms with van der Waals surface area (Å²) in [4.78, 5) is 15.0. The number of rotatable bonds is 4. The molecule has 0 atom stereocenters. The van der Waals surface area contributed by atoms with Crippen LogP contribution in [0.25, 0.3) is 0 Å². The van der Waals surface area contributed by atoms with Gasteiger partial charge in [-0.1, -0.05) is 6.07 Å². The first kappa shape index (κ1) is 12.2. The number of aryl methyl sites for hydroxylation is 1. The molecule has 0 aliphatic heterocycles. The standard InChI is InChI=1S/C13H14N2O3/c1-2-15-6-5-14-12(15)8-9-3-4-10(13(17)18)7-11(9)16/h3-7,16H,2,8H2,1H3,(H,17,18). The van der Waals surface area contributed by atoms with Gasteiger partial charge in [0.2, 0.25) is 0 Å². The Bertz CT molecular complexity index is 575. The fraction of sp³-hybridized carbons (Fsp3) is 0.231. The van der Waals surface area contributed by atoms with Crippen LogP contribution in [0.3, 0.4) is 0 Å². The summed E-state index contributed by atoms with van der Waals surface area (Å²) in [7, 11) is 0. The van der Waals surface area contributed by atoms with Crippen molar-refractivity contribution < 1.29 is 15.0 Å². The third kappa shape index (κ3) is 2.34. The molecular formula is C13H14N2O3. The molecule has 0 fully saturated rings. The quantitative estimate of drug-likeness (QED) is 0.863. The van der Waals surface area contributed by atoms with Gasteiger partial charge in [-0.05, 0) is 19.1 Å². The van der Waals surface area contributed by atoms with Crippen molar-refractivity contribution in [3.8, 4) is 5.75 Å². The predicted molar refractivity (Wildman–Crippen MR) is 65.8 cm³/mol. The lowest BCUT2D eigenvalue weighted by atomic mass is 10.1. The van der Waals surface area contributed by atoms with Gasteiger partial charge in [-0.15, -0.1) is 0 Å². The van der Waals surface area contributed by atoms with Gasteiger partial charge in [-0.3, -0.25) is 0 Å². The molecule has 0 aliphatic carbocycles. The summed E-state index contributed by atoms with van der Waals surface area (Å²) < 4.78 is 1.98. The van der Waals surface area contributed by atoms with Gasteiger partial charge >= 0.3 is 5.97 Å². The number of hydrogen-bond donors (Lipinski definition) is 2. The number of phenolic OH excluding ortho intramolecular Hbond substituents is 1. The molecule has 2 rings (SSSR count). The van der Waals surface area contributed by atoms with E-state index >= 15 is 0 Å². The molecule has 5 heteroatoms. The Balaban J connectivity index is 2.27. The highest BCUT2D eigenvalue weighted by molar-refractivity contribution is 5.88. The Hall–Kier alpha value is -2.30. The number of imidazole rings is 1. The average Bonchev–Trinajstić information content (AvgIpc) is 2.78. The second kappa shape index (κ2) is 4.91. The second-order valence-electron chi connectivity index (χ2n) is 3.95. The fourth-order valence-corrected chi connectivity index (χ4v) is 1.81. The minimum Gasteiger partial charge on any atom is -0.508 e. The summed E-state index contributed by atoms with van der Waals surface area (Å²) in [5, 5.41) is 18.6. The SMILES string of the molecule is CCn1ccnc1Cc1ccc(C(=O)O)cc1O. The smallest absolute Gasteiger partial charge is 0.335 e. The third-order valence-electron chi connectivity index (χ3n) is 2.82. The van der Waals surface area contributed by atoms with Crippen LogP contribution in [0.4, 0.5) is 0 Å². The monoisotopic (exact) mass is 246 g/mol. The van der Waals surface area contributed by atoms with E-state index in [0.29, 0.717) is 12.0 Å². The number of benzene rings is 1. The maximum atomic E-state index is 10.8. The van der Waals surface area contributed by atoms with E-state index in [0.717, 1.165) is 12.4 Å². The summed E-state index contributed by atoms with van der Waals surface area (Å²) in [5.41, 5.74) is 0.746. The molecule has 5 nitrogen and oxygen atoms in total. The van der Waals surface area contributed by atoms with Crippen molar-refractivity contribution in [1.29, 1.82) is 0 Å². The van der Waals surface area contributed by atoms with E-state index in [1.165, 1.54) is 12.1 Å². The van der Waals surface area contributed by atoms with Gasteiger partial charge in [-0.2, -0.15) is 0 Å². The molecule has 0 bridgehead atoms. The predicted octanol–water partition coefficient (Wildman–Crippen LogP) is 1.90. The number of hydrogen-bond acceptors (Lipinski definition) is 3. The average molecular weight is 246 g/mol. The van der Waals surface area contributed by atoms with Crippen molar-refractivity contribution in [1.82, 2.24) is 9.55 Å². The Morgan fingerprint density at radius 2 is 2.22 bits per heavy atom. The van der Waals surface area contributed by atoms with Gasteiger partial charge in [-0.25, -0.2) is 9.78 Å². The van der Waals surface area contributed by atoms with E-state index in [1.54, 1.807) is 12.3 Å². The molecule has 0 saturated carbocycles. The molecule has 1 heterocycles. The van der Waals surface area contributed by atoms with E-state index < -0.39 is 5.97 Å². The van der Waals surface area contributed by atoms with E-state index in [1.807, 2.05) is 17.7 Å². The lowest BCUT2D eigenvalue weighted by Gasteiger charge is -2.07. The topological polar surface area (TPSA) is 75.4 Å². The van der Waals surface area contributed by atoms with Gasteiger partial charge in [0, 0.05) is 30.9 Å². The maximum absolute atomic E-state index is 10.8. The lowest BCUT2D eigenvalue weighted by molar-refractivity contribution is 0.0696. The van der Waals surface area contributed by atoms with Crippen LogP contribution in [0.2, 0.25) is 0 Å². The molecule has 0 spiro atoms. The number of aromatic nitrogens is 2. The summed E-state index contributed by atoms with van der Waals surface area (Å²) in [6.45, 7) is 2.82. The van der Waals surface area contributed by atoms with Crippen LogP contribution >= 0.6 is 0 Å². The van der Waals surface area contributed by atoms with E-state index in [4.69, 9.17) is 5.11 Å². The number of nitrogens with zero attached hydrogens (tertiary/aromatic N) is 2. The van der Waals surface area contributed by atoms with Gasteiger partial charge in [0.15, 0.2) is 0 Å². The number of phenols is 1. The number of aromatic carboxylic acids is 1. The second-order valence-corrected chi connectivity index (χ2v) is 3.95. The van der Waals surface area contributed by atoms with Gasteiger partial charge in [0.05, 0.1) is 5.56 Å². The van der Waals surface area contributed by atoms with E-state index in [2.05, 4.69) is 4.98 Å². The Morgan fingerprint density at radius 3 is 2.83 bits per heavy atom. The van der Waals surface area contributed by atoms with Gasteiger partial charge in [0.1, 0.15) is 11.6 Å². The molecule has 0 saturated heterocycles. The van der Waals surface area contributed by atoms with Crippen molar-refractivity contribution >= 4 is 5.97 Å². The molecule has 0 unspecified atom stereocenters. The van der Waals surface area contributed by atoms with Crippen molar-refractivity contribution in [3.63, 3.8) is 0 Å². The van der Waals surface area contributed by atoms with Crippen LogP contribution < -0.4 is 0 Å². The summed E-state index contributed by atoms with van der Waals surface area (Å²) in [6.07, 6.45) is 4.06. The minimum atomic E-state index is -1.05. The van der Waals surface area contributed by atoms with Gasteiger partial charge in [0.25, 0.3) is 0 Å². The van der Waals surface area contributed by atoms with Crippen LogP contribution in [0, 0.1) is 0 Å². The molecule has 94 valence electrons. The number of carboxylic acids is 1. The molecule has 1 aromatic carbocycles. The van der Waals surface area contributed by atoms with Crippen LogP contribution in [-0.4, -0.2) is 25.7 Å². The molecule has 2 N–H and O–H groups in total. The Kier molecular flexibility index (Phi) is 3.32. The molecule has 18 heavy (non-hydrogen) atoms. The molecular weight excluding hydrogens is 232 g/mol. The molecule has 0 aliphatic rings. The largest absolute Gasteiger partial charge is 0.508 e. The lowest BCUT2D eigenvalue weighted by Crippen LogP contribution is -2.03. The van der Waals surface area contributed by atoms with Crippen molar-refractivity contribution in [2.75, 3.05) is 0 Å². The highest BCUT2D eigenvalue weighted by Gasteiger charge is 2.10. The summed E-state index contributed by atoms with van der Waals surface area (Å²) >= 11 is 0. The van der Waals surface area contributed by atoms with Crippen molar-refractivity contribution in [2.24, 2.45) is 0 Å². The number of aromatic hydroxyl groups is 1. The normalized spacial score (nSPS) is 10.5. The fourth-order valence-electron chi connectivity index (χ4n) is 1.81. The highest BCUT2D eigenvalue weighted by Crippen LogP contribution is 2.21. The van der Waals surface area contributed by atoms with E-state index in [9.17, 15) is 9.90 Å². The highest BCUT2D eigenvalue weighted by atomic mass is 16.4. The minimum absolute atomic E-state index is 0.0134. The van der Waals surface area contributed by atoms with E-state index in [-0.39, 0.29) is 11.3 Å². The van der Waals surface area contributed by atoms with Crippen LogP contribution in [0.5, 0.6) is 5.75 Å². The zero-order chi connectivity index (χ0) is 13.1. The first-order valence-electron chi connectivity index (χ1n) is 5.67. The first-order valence-corrected chi connectivity index (χ1v) is 5.67. The van der Waals surface area contributed by atoms with Crippen LogP contribution in [0.15, 0.2) is 30.6 Å². The molecule has 2 aromatic rings. The van der Waals surface area contributed by atoms with Crippen molar-refractivity contribution in [3.05, 3.63) is 47.5 Å². The summed E-state index contributed by atoms with van der Waals surface area (Å²) in [5.74, 6) is -0.219. The van der Waals surface area contributed by atoms with Crippen LogP contribution in [0.1, 0.15) is 28.7 Å². The zero-order valence-corrected chi connectivity index (χ0v) is 10.00. The van der Waals surface area contributed by atoms with Crippen LogP contribution in [-0.2, 0) is 13.0 Å². The number of carbonyl (C=O) groups is 1.